The molecule has 1 aromatic carbocycles. The predicted octanol–water partition coefficient (Wildman–Crippen LogP) is 2.76. The summed E-state index contributed by atoms with van der Waals surface area (Å²) in [5, 5.41) is 11.1. The third kappa shape index (κ3) is 3.12. The summed E-state index contributed by atoms with van der Waals surface area (Å²) in [6.45, 7) is 0.646. The van der Waals surface area contributed by atoms with E-state index in [-0.39, 0.29) is 16.9 Å². The molecule has 1 saturated carbocycles. The average molecular weight is 296 g/mol. The molecular weight excluding hydrogens is 279 g/mol. The van der Waals surface area contributed by atoms with Gasteiger partial charge in [-0.25, -0.2) is 9.18 Å². The number of anilines is 1. The minimum Gasteiger partial charge on any atom is -0.465 e. The van der Waals surface area contributed by atoms with Crippen LogP contribution < -0.4 is 4.90 Å². The number of hydrogen-bond acceptors (Lipinski definition) is 5. The number of carbonyl (C=O) groups is 1. The van der Waals surface area contributed by atoms with Crippen LogP contribution in [0.2, 0.25) is 0 Å². The van der Waals surface area contributed by atoms with Gasteiger partial charge in [-0.05, 0) is 24.8 Å². The molecule has 0 amide bonds. The van der Waals surface area contributed by atoms with E-state index in [0.29, 0.717) is 12.5 Å². The van der Waals surface area contributed by atoms with E-state index in [1.807, 2.05) is 0 Å². The number of benzene rings is 1. The van der Waals surface area contributed by atoms with Crippen LogP contribution in [-0.2, 0) is 4.74 Å². The van der Waals surface area contributed by atoms with E-state index < -0.39 is 16.7 Å². The third-order valence-electron chi connectivity index (χ3n) is 3.83. The van der Waals surface area contributed by atoms with Gasteiger partial charge in [-0.15, -0.1) is 0 Å². The Bertz CT molecular complexity index is 572. The molecule has 0 radical (unpaired) electrons. The molecule has 0 saturated heterocycles. The first-order valence-corrected chi connectivity index (χ1v) is 6.71. The maximum atomic E-state index is 13.8. The number of nitro benzene ring substituents is 1. The van der Waals surface area contributed by atoms with E-state index in [4.69, 9.17) is 0 Å². The Morgan fingerprint density at radius 2 is 2.19 bits per heavy atom. The number of hydrogen-bond donors (Lipinski definition) is 0. The fraction of sp³-hybridized carbons (Fsp3) is 0.500. The van der Waals surface area contributed by atoms with Gasteiger partial charge in [-0.3, -0.25) is 10.1 Å². The van der Waals surface area contributed by atoms with Crippen molar-refractivity contribution in [2.45, 2.75) is 19.3 Å². The van der Waals surface area contributed by atoms with Crippen LogP contribution in [-0.4, -0.2) is 31.6 Å². The molecule has 2 rings (SSSR count). The molecule has 0 aromatic heterocycles. The number of ether oxygens (including phenoxy) is 1. The van der Waals surface area contributed by atoms with Gasteiger partial charge in [0.1, 0.15) is 11.5 Å². The van der Waals surface area contributed by atoms with Gasteiger partial charge >= 0.3 is 5.97 Å². The number of nitrogens with zero attached hydrogens (tertiary/aromatic N) is 2. The molecule has 7 heteroatoms. The maximum Gasteiger partial charge on any atom is 0.340 e. The second-order valence-corrected chi connectivity index (χ2v) is 5.25. The number of methoxy groups -OCH3 is 1. The zero-order valence-electron chi connectivity index (χ0n) is 12.0. The van der Waals surface area contributed by atoms with E-state index in [1.165, 1.54) is 6.07 Å². The van der Waals surface area contributed by atoms with Gasteiger partial charge in [0.15, 0.2) is 0 Å². The fourth-order valence-electron chi connectivity index (χ4n) is 2.43. The lowest BCUT2D eigenvalue weighted by atomic mass is 9.85. The molecule has 114 valence electrons. The van der Waals surface area contributed by atoms with Crippen LogP contribution in [0, 0.1) is 21.8 Å². The molecule has 0 unspecified atom stereocenters. The molecule has 1 aliphatic carbocycles. The lowest BCUT2D eigenvalue weighted by molar-refractivity contribution is -0.384. The molecule has 1 aliphatic rings. The van der Waals surface area contributed by atoms with Crippen molar-refractivity contribution in [1.82, 2.24) is 0 Å². The average Bonchev–Trinajstić information content (AvgIpc) is 2.41. The van der Waals surface area contributed by atoms with Crippen LogP contribution in [0.25, 0.3) is 0 Å². The predicted molar refractivity (Wildman–Crippen MR) is 75.0 cm³/mol. The minimum atomic E-state index is -0.950. The van der Waals surface area contributed by atoms with Crippen LogP contribution >= 0.6 is 0 Å². The number of nitro groups is 1. The lowest BCUT2D eigenvalue weighted by Crippen LogP contribution is -2.30. The Morgan fingerprint density at radius 3 is 2.67 bits per heavy atom. The van der Waals surface area contributed by atoms with E-state index in [9.17, 15) is 19.3 Å². The van der Waals surface area contributed by atoms with Crippen molar-refractivity contribution < 1.29 is 18.8 Å². The third-order valence-corrected chi connectivity index (χ3v) is 3.83. The van der Waals surface area contributed by atoms with Gasteiger partial charge in [-0.1, -0.05) is 6.42 Å². The van der Waals surface area contributed by atoms with E-state index in [2.05, 4.69) is 4.74 Å². The van der Waals surface area contributed by atoms with Crippen LogP contribution in [0.3, 0.4) is 0 Å². The first-order valence-electron chi connectivity index (χ1n) is 6.71. The summed E-state index contributed by atoms with van der Waals surface area (Å²) in [7, 11) is 2.85. The normalized spacial score (nSPS) is 14.4. The van der Waals surface area contributed by atoms with Gasteiger partial charge in [0.05, 0.1) is 23.7 Å². The Labute approximate surface area is 121 Å². The first-order chi connectivity index (χ1) is 9.93. The molecule has 0 atom stereocenters. The highest BCUT2D eigenvalue weighted by atomic mass is 19.1. The Kier molecular flexibility index (Phi) is 4.40. The Morgan fingerprint density at radius 1 is 1.52 bits per heavy atom. The quantitative estimate of drug-likeness (QED) is 0.474. The molecule has 0 heterocycles. The molecule has 1 aromatic rings. The van der Waals surface area contributed by atoms with Crippen molar-refractivity contribution in [2.24, 2.45) is 5.92 Å². The summed E-state index contributed by atoms with van der Waals surface area (Å²) in [6.07, 6.45) is 3.34. The molecule has 0 N–H and O–H groups in total. The number of carbonyl (C=O) groups excluding carboxylic acids is 1. The van der Waals surface area contributed by atoms with Crippen molar-refractivity contribution in [1.29, 1.82) is 0 Å². The second-order valence-electron chi connectivity index (χ2n) is 5.25. The van der Waals surface area contributed by atoms with E-state index in [1.54, 1.807) is 11.9 Å². The van der Waals surface area contributed by atoms with Gasteiger partial charge in [0.25, 0.3) is 5.69 Å². The summed E-state index contributed by atoms with van der Waals surface area (Å²) in [5.74, 6) is -1.31. The van der Waals surface area contributed by atoms with Crippen LogP contribution in [0.15, 0.2) is 12.1 Å². The van der Waals surface area contributed by atoms with Crippen LogP contribution in [0.4, 0.5) is 15.8 Å². The number of rotatable bonds is 5. The molecule has 1 fully saturated rings. The summed E-state index contributed by atoms with van der Waals surface area (Å²) >= 11 is 0. The molecule has 6 nitrogen and oxygen atoms in total. The zero-order chi connectivity index (χ0) is 15.6. The number of esters is 1. The highest BCUT2D eigenvalue weighted by molar-refractivity contribution is 5.92. The van der Waals surface area contributed by atoms with Gasteiger partial charge in [0, 0.05) is 13.6 Å². The van der Waals surface area contributed by atoms with Gasteiger partial charge < -0.3 is 9.64 Å². The lowest BCUT2D eigenvalue weighted by Gasteiger charge is -2.31. The van der Waals surface area contributed by atoms with Crippen molar-refractivity contribution in [2.75, 3.05) is 25.6 Å². The van der Waals surface area contributed by atoms with Crippen LogP contribution in [0.1, 0.15) is 29.6 Å². The fourth-order valence-corrected chi connectivity index (χ4v) is 2.43. The Balaban J connectivity index is 2.39. The molecular formula is C14H17FN2O4. The van der Waals surface area contributed by atoms with E-state index >= 15 is 0 Å². The summed E-state index contributed by atoms with van der Waals surface area (Å²) < 4.78 is 18.3. The molecule has 0 bridgehead atoms. The number of halogens is 1. The van der Waals surface area contributed by atoms with Gasteiger partial charge in [0.2, 0.25) is 0 Å². The smallest absolute Gasteiger partial charge is 0.340 e. The minimum absolute atomic E-state index is 0.230. The zero-order valence-corrected chi connectivity index (χ0v) is 12.0. The van der Waals surface area contributed by atoms with Crippen molar-refractivity contribution in [3.05, 3.63) is 33.6 Å². The monoisotopic (exact) mass is 296 g/mol. The van der Waals surface area contributed by atoms with Crippen LogP contribution in [0.5, 0.6) is 0 Å². The Hall–Kier alpha value is -2.18. The van der Waals surface area contributed by atoms with Crippen molar-refractivity contribution in [3.63, 3.8) is 0 Å². The largest absolute Gasteiger partial charge is 0.465 e. The molecule has 21 heavy (non-hydrogen) atoms. The van der Waals surface area contributed by atoms with Crippen molar-refractivity contribution in [3.8, 4) is 0 Å². The first kappa shape index (κ1) is 15.2. The van der Waals surface area contributed by atoms with E-state index in [0.717, 1.165) is 32.4 Å². The SMILES string of the molecule is COC(=O)c1cc(N(C)CC2CCC2)c([N+](=O)[O-])cc1F. The highest BCUT2D eigenvalue weighted by Gasteiger charge is 2.27. The highest BCUT2D eigenvalue weighted by Crippen LogP contribution is 2.34. The standard InChI is InChI=1S/C14H17FN2O4/c1-16(8-9-4-3-5-9)12-6-10(14(18)21-2)11(15)7-13(12)17(19)20/h6-7,9H,3-5,8H2,1-2H3. The van der Waals surface area contributed by atoms with Gasteiger partial charge in [-0.2, -0.15) is 0 Å². The summed E-state index contributed by atoms with van der Waals surface area (Å²) in [4.78, 5) is 23.7. The maximum absolute atomic E-state index is 13.8. The molecule has 0 spiro atoms. The topological polar surface area (TPSA) is 72.7 Å². The summed E-state index contributed by atoms with van der Waals surface area (Å²) in [5.41, 5.74) is -0.408. The second kappa shape index (κ2) is 6.07. The van der Waals surface area contributed by atoms with Crippen molar-refractivity contribution >= 4 is 17.3 Å². The summed E-state index contributed by atoms with van der Waals surface area (Å²) in [6, 6.07) is 1.97. The molecule has 0 aliphatic heterocycles.